The summed E-state index contributed by atoms with van der Waals surface area (Å²) in [5.74, 6) is -0.590. The molecule has 5 heteroatoms. The molecule has 5 nitrogen and oxygen atoms in total. The van der Waals surface area contributed by atoms with Gasteiger partial charge in [-0.3, -0.25) is 9.59 Å². The van der Waals surface area contributed by atoms with E-state index in [2.05, 4.69) is 0 Å². The summed E-state index contributed by atoms with van der Waals surface area (Å²) in [4.78, 5) is 24.4. The smallest absolute Gasteiger partial charge is 0.251 e. The lowest BCUT2D eigenvalue weighted by Gasteiger charge is -2.32. The highest BCUT2D eigenvalue weighted by Gasteiger charge is 2.29. The number of amides is 2. The van der Waals surface area contributed by atoms with Crippen molar-refractivity contribution in [3.05, 3.63) is 0 Å². The van der Waals surface area contributed by atoms with Gasteiger partial charge in [0.05, 0.1) is 5.92 Å². The largest absolute Gasteiger partial charge is 0.372 e. The zero-order valence-corrected chi connectivity index (χ0v) is 9.23. The Kier molecular flexibility index (Phi) is 4.08. The maximum Gasteiger partial charge on any atom is 0.251 e. The fraction of sp³-hybridized carbons (Fsp3) is 0.800. The average molecular weight is 214 g/mol. The molecule has 0 aromatic heterocycles. The van der Waals surface area contributed by atoms with Crippen LogP contribution < -0.4 is 5.73 Å². The minimum atomic E-state index is -0.448. The number of piperidine rings is 1. The Balaban J connectivity index is 2.56. The lowest BCUT2D eigenvalue weighted by Crippen LogP contribution is -2.47. The Morgan fingerprint density at radius 3 is 2.73 bits per heavy atom. The number of hydrogen-bond donors (Lipinski definition) is 1. The second kappa shape index (κ2) is 5.11. The van der Waals surface area contributed by atoms with Crippen LogP contribution in [0.4, 0.5) is 0 Å². The predicted octanol–water partition coefficient (Wildman–Crippen LogP) is -0.255. The third-order valence-corrected chi connectivity index (χ3v) is 2.84. The van der Waals surface area contributed by atoms with Crippen LogP contribution >= 0.6 is 0 Å². The van der Waals surface area contributed by atoms with Crippen molar-refractivity contribution in [2.24, 2.45) is 11.7 Å². The molecule has 0 saturated carbocycles. The normalized spacial score (nSPS) is 23.6. The van der Waals surface area contributed by atoms with Gasteiger partial charge in [-0.15, -0.1) is 0 Å². The molecule has 1 heterocycles. The Hall–Kier alpha value is -1.10. The van der Waals surface area contributed by atoms with Crippen molar-refractivity contribution >= 4 is 11.8 Å². The lowest BCUT2D eigenvalue weighted by molar-refractivity contribution is -0.143. The lowest BCUT2D eigenvalue weighted by atomic mass is 9.97. The molecule has 2 atom stereocenters. The van der Waals surface area contributed by atoms with Crippen LogP contribution in [0.3, 0.4) is 0 Å². The molecular weight excluding hydrogens is 196 g/mol. The molecule has 2 amide bonds. The number of nitrogens with zero attached hydrogens (tertiary/aromatic N) is 1. The third-order valence-electron chi connectivity index (χ3n) is 2.84. The van der Waals surface area contributed by atoms with E-state index in [1.165, 1.54) is 7.11 Å². The van der Waals surface area contributed by atoms with Gasteiger partial charge in [0.1, 0.15) is 6.10 Å². The highest BCUT2D eigenvalue weighted by atomic mass is 16.5. The molecule has 0 aromatic carbocycles. The van der Waals surface area contributed by atoms with Crippen molar-refractivity contribution in [3.8, 4) is 0 Å². The zero-order chi connectivity index (χ0) is 11.4. The van der Waals surface area contributed by atoms with Crippen LogP contribution in [0.5, 0.6) is 0 Å². The molecule has 1 fully saturated rings. The van der Waals surface area contributed by atoms with Gasteiger partial charge in [-0.05, 0) is 19.8 Å². The Morgan fingerprint density at radius 2 is 2.20 bits per heavy atom. The van der Waals surface area contributed by atoms with Gasteiger partial charge >= 0.3 is 0 Å². The first-order chi connectivity index (χ1) is 7.06. The topological polar surface area (TPSA) is 72.6 Å². The second-order valence-corrected chi connectivity index (χ2v) is 3.90. The summed E-state index contributed by atoms with van der Waals surface area (Å²) in [6.45, 7) is 2.83. The van der Waals surface area contributed by atoms with Gasteiger partial charge in [-0.2, -0.15) is 0 Å². The van der Waals surface area contributed by atoms with E-state index in [1.807, 2.05) is 0 Å². The Bertz CT molecular complexity index is 255. The number of methoxy groups -OCH3 is 1. The molecule has 1 rings (SSSR count). The van der Waals surface area contributed by atoms with Gasteiger partial charge in [-0.1, -0.05) is 0 Å². The number of rotatable bonds is 3. The van der Waals surface area contributed by atoms with Crippen LogP contribution in [0.1, 0.15) is 19.8 Å². The van der Waals surface area contributed by atoms with Crippen LogP contribution in [0.25, 0.3) is 0 Å². The Labute approximate surface area is 89.6 Å². The zero-order valence-electron chi connectivity index (χ0n) is 9.23. The maximum absolute atomic E-state index is 11.7. The van der Waals surface area contributed by atoms with E-state index in [0.29, 0.717) is 13.1 Å². The predicted molar refractivity (Wildman–Crippen MR) is 55.0 cm³/mol. The maximum atomic E-state index is 11.7. The molecule has 15 heavy (non-hydrogen) atoms. The number of hydrogen-bond acceptors (Lipinski definition) is 3. The monoisotopic (exact) mass is 214 g/mol. The molecule has 86 valence electrons. The van der Waals surface area contributed by atoms with E-state index in [4.69, 9.17) is 10.5 Å². The first-order valence-electron chi connectivity index (χ1n) is 5.17. The quantitative estimate of drug-likeness (QED) is 0.703. The molecule has 2 N–H and O–H groups in total. The molecular formula is C10H18N2O3. The molecule has 1 saturated heterocycles. The molecule has 0 radical (unpaired) electrons. The number of nitrogens with two attached hydrogens (primary N) is 1. The summed E-state index contributed by atoms with van der Waals surface area (Å²) in [6, 6.07) is 0. The molecule has 0 spiro atoms. The van der Waals surface area contributed by atoms with Crippen molar-refractivity contribution in [1.29, 1.82) is 0 Å². The first kappa shape index (κ1) is 12.0. The highest BCUT2D eigenvalue weighted by Crippen LogP contribution is 2.17. The fourth-order valence-corrected chi connectivity index (χ4v) is 1.77. The SMILES string of the molecule is COC(C)C(=O)N1CCCC(C(N)=O)C1. The average Bonchev–Trinajstić information content (AvgIpc) is 2.27. The van der Waals surface area contributed by atoms with Gasteiger partial charge < -0.3 is 15.4 Å². The van der Waals surface area contributed by atoms with Crippen molar-refractivity contribution in [2.75, 3.05) is 20.2 Å². The van der Waals surface area contributed by atoms with E-state index in [9.17, 15) is 9.59 Å². The number of likely N-dealkylation sites (tertiary alicyclic amines) is 1. The van der Waals surface area contributed by atoms with Crippen LogP contribution in [-0.4, -0.2) is 43.0 Å². The molecule has 0 bridgehead atoms. The second-order valence-electron chi connectivity index (χ2n) is 3.90. The molecule has 0 aromatic rings. The minimum absolute atomic E-state index is 0.0662. The van der Waals surface area contributed by atoms with Gasteiger partial charge in [0, 0.05) is 20.2 Å². The number of ether oxygens (including phenoxy) is 1. The highest BCUT2D eigenvalue weighted by molar-refractivity contribution is 5.82. The minimum Gasteiger partial charge on any atom is -0.372 e. The van der Waals surface area contributed by atoms with Crippen molar-refractivity contribution in [3.63, 3.8) is 0 Å². The van der Waals surface area contributed by atoms with Crippen LogP contribution in [-0.2, 0) is 14.3 Å². The van der Waals surface area contributed by atoms with Crippen LogP contribution in [0, 0.1) is 5.92 Å². The standard InChI is InChI=1S/C10H18N2O3/c1-7(15-2)10(14)12-5-3-4-8(6-12)9(11)13/h7-8H,3-6H2,1-2H3,(H2,11,13). The first-order valence-corrected chi connectivity index (χ1v) is 5.17. The summed E-state index contributed by atoms with van der Waals surface area (Å²) in [5.41, 5.74) is 5.23. The van der Waals surface area contributed by atoms with Gasteiger partial charge in [0.25, 0.3) is 5.91 Å². The van der Waals surface area contributed by atoms with Crippen LogP contribution in [0.15, 0.2) is 0 Å². The summed E-state index contributed by atoms with van der Waals surface area (Å²) in [7, 11) is 1.50. The molecule has 1 aliphatic rings. The van der Waals surface area contributed by atoms with Gasteiger partial charge in [-0.25, -0.2) is 0 Å². The summed E-state index contributed by atoms with van der Waals surface area (Å²) in [6.07, 6.45) is 1.16. The van der Waals surface area contributed by atoms with Gasteiger partial charge in [0.2, 0.25) is 5.91 Å². The molecule has 1 aliphatic heterocycles. The molecule has 2 unspecified atom stereocenters. The number of carbonyl (C=O) groups excluding carboxylic acids is 2. The van der Waals surface area contributed by atoms with E-state index in [1.54, 1.807) is 11.8 Å². The van der Waals surface area contributed by atoms with Gasteiger partial charge in [0.15, 0.2) is 0 Å². The number of carbonyl (C=O) groups is 2. The van der Waals surface area contributed by atoms with Crippen LogP contribution in [0.2, 0.25) is 0 Å². The van der Waals surface area contributed by atoms with E-state index in [0.717, 1.165) is 12.8 Å². The van der Waals surface area contributed by atoms with E-state index >= 15 is 0 Å². The summed E-state index contributed by atoms with van der Waals surface area (Å²) >= 11 is 0. The summed E-state index contributed by atoms with van der Waals surface area (Å²) in [5, 5.41) is 0. The van der Waals surface area contributed by atoms with E-state index < -0.39 is 6.10 Å². The summed E-state index contributed by atoms with van der Waals surface area (Å²) < 4.78 is 4.95. The fourth-order valence-electron chi connectivity index (χ4n) is 1.77. The van der Waals surface area contributed by atoms with Crippen molar-refractivity contribution < 1.29 is 14.3 Å². The Morgan fingerprint density at radius 1 is 1.53 bits per heavy atom. The third kappa shape index (κ3) is 2.92. The van der Waals surface area contributed by atoms with E-state index in [-0.39, 0.29) is 17.7 Å². The van der Waals surface area contributed by atoms with Crippen molar-refractivity contribution in [2.45, 2.75) is 25.9 Å². The molecule has 0 aliphatic carbocycles. The number of primary amides is 1. The van der Waals surface area contributed by atoms with Crippen molar-refractivity contribution in [1.82, 2.24) is 4.90 Å².